The molecule has 0 spiro atoms. The average molecular weight is 316 g/mol. The molecule has 0 unspecified atom stereocenters. The predicted octanol–water partition coefficient (Wildman–Crippen LogP) is 3.34. The summed E-state index contributed by atoms with van der Waals surface area (Å²) in [6.07, 6.45) is 4.06. The fourth-order valence-corrected chi connectivity index (χ4v) is 4.11. The molecule has 3 rings (SSSR count). The SMILES string of the molecule is CCc1nc(C)c([C@H](C)N[C@@H]2CCN(c3ccccn3)C2)s1. The van der Waals surface area contributed by atoms with Gasteiger partial charge in [-0.25, -0.2) is 9.97 Å². The number of nitrogens with one attached hydrogen (secondary N) is 1. The molecular weight excluding hydrogens is 292 g/mol. The second kappa shape index (κ2) is 6.75. The maximum Gasteiger partial charge on any atom is 0.128 e. The lowest BCUT2D eigenvalue weighted by molar-refractivity contribution is 0.484. The lowest BCUT2D eigenvalue weighted by Gasteiger charge is -2.20. The summed E-state index contributed by atoms with van der Waals surface area (Å²) >= 11 is 1.85. The molecule has 22 heavy (non-hydrogen) atoms. The Morgan fingerprint density at radius 2 is 2.32 bits per heavy atom. The lowest BCUT2D eigenvalue weighted by Crippen LogP contribution is -2.34. The number of nitrogens with zero attached hydrogens (tertiary/aromatic N) is 3. The number of aryl methyl sites for hydroxylation is 2. The normalized spacial score (nSPS) is 19.6. The van der Waals surface area contributed by atoms with Gasteiger partial charge in [0.05, 0.1) is 10.7 Å². The summed E-state index contributed by atoms with van der Waals surface area (Å²) in [5.41, 5.74) is 1.18. The van der Waals surface area contributed by atoms with Crippen molar-refractivity contribution in [3.63, 3.8) is 0 Å². The van der Waals surface area contributed by atoms with E-state index in [0.717, 1.165) is 25.3 Å². The molecule has 1 aliphatic rings. The molecule has 1 aliphatic heterocycles. The van der Waals surface area contributed by atoms with Gasteiger partial charge in [-0.3, -0.25) is 0 Å². The number of anilines is 1. The highest BCUT2D eigenvalue weighted by atomic mass is 32.1. The molecule has 0 aromatic carbocycles. The van der Waals surface area contributed by atoms with Gasteiger partial charge in [0.25, 0.3) is 0 Å². The molecule has 4 nitrogen and oxygen atoms in total. The summed E-state index contributed by atoms with van der Waals surface area (Å²) in [6, 6.07) is 7.00. The number of rotatable bonds is 5. The minimum atomic E-state index is 0.367. The van der Waals surface area contributed by atoms with Gasteiger partial charge in [-0.2, -0.15) is 0 Å². The number of pyridine rings is 1. The van der Waals surface area contributed by atoms with Crippen molar-refractivity contribution in [3.8, 4) is 0 Å². The van der Waals surface area contributed by atoms with Gasteiger partial charge in [0.2, 0.25) is 0 Å². The van der Waals surface area contributed by atoms with E-state index in [9.17, 15) is 0 Å². The van der Waals surface area contributed by atoms with E-state index in [1.807, 2.05) is 23.6 Å². The van der Waals surface area contributed by atoms with Crippen LogP contribution in [0.4, 0.5) is 5.82 Å². The zero-order valence-corrected chi connectivity index (χ0v) is 14.4. The third-order valence-electron chi connectivity index (χ3n) is 4.22. The van der Waals surface area contributed by atoms with Crippen molar-refractivity contribution in [2.24, 2.45) is 0 Å². The van der Waals surface area contributed by atoms with Crippen LogP contribution in [-0.4, -0.2) is 29.1 Å². The summed E-state index contributed by atoms with van der Waals surface area (Å²) < 4.78 is 0. The summed E-state index contributed by atoms with van der Waals surface area (Å²) in [7, 11) is 0. The van der Waals surface area contributed by atoms with Crippen LogP contribution < -0.4 is 10.2 Å². The van der Waals surface area contributed by atoms with Gasteiger partial charge in [0.15, 0.2) is 0 Å². The van der Waals surface area contributed by atoms with E-state index in [0.29, 0.717) is 12.1 Å². The maximum absolute atomic E-state index is 4.65. The minimum Gasteiger partial charge on any atom is -0.355 e. The molecule has 2 aromatic rings. The van der Waals surface area contributed by atoms with Crippen molar-refractivity contribution in [1.29, 1.82) is 0 Å². The topological polar surface area (TPSA) is 41.1 Å². The van der Waals surface area contributed by atoms with Crippen LogP contribution in [0.5, 0.6) is 0 Å². The van der Waals surface area contributed by atoms with E-state index < -0.39 is 0 Å². The quantitative estimate of drug-likeness (QED) is 0.918. The second-order valence-electron chi connectivity index (χ2n) is 5.92. The maximum atomic E-state index is 4.65. The van der Waals surface area contributed by atoms with Crippen molar-refractivity contribution < 1.29 is 0 Å². The van der Waals surface area contributed by atoms with Gasteiger partial charge in [0, 0.05) is 36.2 Å². The van der Waals surface area contributed by atoms with Crippen molar-refractivity contribution in [2.45, 2.75) is 45.7 Å². The smallest absolute Gasteiger partial charge is 0.128 e. The third kappa shape index (κ3) is 3.31. The first-order valence-corrected chi connectivity index (χ1v) is 8.87. The fourth-order valence-electron chi connectivity index (χ4n) is 3.09. The summed E-state index contributed by atoms with van der Waals surface area (Å²) in [6.45, 7) is 8.65. The van der Waals surface area contributed by atoms with Crippen molar-refractivity contribution in [3.05, 3.63) is 40.0 Å². The molecule has 3 heterocycles. The van der Waals surface area contributed by atoms with Crippen molar-refractivity contribution >= 4 is 17.2 Å². The van der Waals surface area contributed by atoms with Gasteiger partial charge >= 0.3 is 0 Å². The molecule has 0 radical (unpaired) electrons. The van der Waals surface area contributed by atoms with Crippen LogP contribution in [0.2, 0.25) is 0 Å². The highest BCUT2D eigenvalue weighted by Gasteiger charge is 2.25. The van der Waals surface area contributed by atoms with E-state index in [1.54, 1.807) is 0 Å². The number of aromatic nitrogens is 2. The van der Waals surface area contributed by atoms with Crippen molar-refractivity contribution in [1.82, 2.24) is 15.3 Å². The van der Waals surface area contributed by atoms with Gasteiger partial charge in [-0.15, -0.1) is 11.3 Å². The standard InChI is InChI=1S/C17H24N4S/c1-4-16-20-13(3)17(22-16)12(2)19-14-8-10-21(11-14)15-7-5-6-9-18-15/h5-7,9,12,14,19H,4,8,10-11H2,1-3H3/t12-,14+/m0/s1. The van der Waals surface area contributed by atoms with Crippen LogP contribution in [0.25, 0.3) is 0 Å². The molecule has 5 heteroatoms. The number of hydrogen-bond acceptors (Lipinski definition) is 5. The van der Waals surface area contributed by atoms with Crippen LogP contribution in [0.3, 0.4) is 0 Å². The Kier molecular flexibility index (Phi) is 4.74. The molecule has 1 fully saturated rings. The second-order valence-corrected chi connectivity index (χ2v) is 7.03. The minimum absolute atomic E-state index is 0.367. The monoisotopic (exact) mass is 316 g/mol. The molecule has 0 bridgehead atoms. The molecule has 1 N–H and O–H groups in total. The number of hydrogen-bond donors (Lipinski definition) is 1. The van der Waals surface area contributed by atoms with Gasteiger partial charge in [-0.1, -0.05) is 13.0 Å². The molecular formula is C17H24N4S. The summed E-state index contributed by atoms with van der Waals surface area (Å²) in [4.78, 5) is 12.8. The first-order valence-electron chi connectivity index (χ1n) is 8.05. The lowest BCUT2D eigenvalue weighted by atomic mass is 10.2. The Balaban J connectivity index is 1.61. The van der Waals surface area contributed by atoms with Gasteiger partial charge in [0.1, 0.15) is 5.82 Å². The molecule has 0 saturated carbocycles. The Labute approximate surface area is 136 Å². The Morgan fingerprint density at radius 1 is 1.45 bits per heavy atom. The third-order valence-corrected chi connectivity index (χ3v) is 5.70. The summed E-state index contributed by atoms with van der Waals surface area (Å²) in [5, 5.41) is 5.01. The average Bonchev–Trinajstić information content (AvgIpc) is 3.14. The Morgan fingerprint density at radius 3 is 3.00 bits per heavy atom. The van der Waals surface area contributed by atoms with Crippen LogP contribution in [0.15, 0.2) is 24.4 Å². The van der Waals surface area contributed by atoms with E-state index in [4.69, 9.17) is 0 Å². The molecule has 0 aliphatic carbocycles. The highest BCUT2D eigenvalue weighted by Crippen LogP contribution is 2.27. The molecule has 0 amide bonds. The first kappa shape index (κ1) is 15.4. The zero-order valence-electron chi connectivity index (χ0n) is 13.5. The van der Waals surface area contributed by atoms with E-state index in [1.165, 1.54) is 22.0 Å². The van der Waals surface area contributed by atoms with E-state index >= 15 is 0 Å². The van der Waals surface area contributed by atoms with Gasteiger partial charge in [-0.05, 0) is 38.8 Å². The molecule has 1 saturated heterocycles. The van der Waals surface area contributed by atoms with Crippen LogP contribution in [0.1, 0.15) is 41.9 Å². The van der Waals surface area contributed by atoms with E-state index in [-0.39, 0.29) is 0 Å². The molecule has 2 atom stereocenters. The largest absolute Gasteiger partial charge is 0.355 e. The first-order chi connectivity index (χ1) is 10.7. The van der Waals surface area contributed by atoms with Crippen LogP contribution in [-0.2, 0) is 6.42 Å². The Bertz CT molecular complexity index is 610. The number of thiazole rings is 1. The van der Waals surface area contributed by atoms with E-state index in [2.05, 4.69) is 53.1 Å². The fraction of sp³-hybridized carbons (Fsp3) is 0.529. The Hall–Kier alpha value is -1.46. The zero-order chi connectivity index (χ0) is 15.5. The van der Waals surface area contributed by atoms with Gasteiger partial charge < -0.3 is 10.2 Å². The summed E-state index contributed by atoms with van der Waals surface area (Å²) in [5.74, 6) is 1.08. The molecule has 118 valence electrons. The molecule has 2 aromatic heterocycles. The van der Waals surface area contributed by atoms with Crippen molar-refractivity contribution in [2.75, 3.05) is 18.0 Å². The van der Waals surface area contributed by atoms with Crippen LogP contribution >= 0.6 is 11.3 Å². The highest BCUT2D eigenvalue weighted by molar-refractivity contribution is 7.11. The predicted molar refractivity (Wildman–Crippen MR) is 92.6 cm³/mol. The van der Waals surface area contributed by atoms with Crippen LogP contribution in [0, 0.1) is 6.92 Å².